The summed E-state index contributed by atoms with van der Waals surface area (Å²) in [6, 6.07) is 4.47. The molecule has 0 spiro atoms. The van der Waals surface area contributed by atoms with Gasteiger partial charge in [-0.15, -0.1) is 11.3 Å². The molecule has 144 valence electrons. The number of pyridine rings is 1. The number of thiazole rings is 1. The van der Waals surface area contributed by atoms with Gasteiger partial charge in [-0.2, -0.15) is 0 Å². The molecule has 0 amide bonds. The van der Waals surface area contributed by atoms with E-state index in [-0.39, 0.29) is 0 Å². The van der Waals surface area contributed by atoms with Crippen LogP contribution in [0.2, 0.25) is 0 Å². The molecule has 1 aliphatic carbocycles. The van der Waals surface area contributed by atoms with Crippen LogP contribution in [0.15, 0.2) is 29.9 Å². The van der Waals surface area contributed by atoms with E-state index in [2.05, 4.69) is 25.6 Å². The monoisotopic (exact) mass is 392 g/mol. The molecule has 0 atom stereocenters. The Labute approximate surface area is 169 Å². The number of nitrogens with zero attached hydrogens (tertiary/aromatic N) is 5. The minimum Gasteiger partial charge on any atom is -0.359 e. The van der Waals surface area contributed by atoms with Gasteiger partial charge in [-0.05, 0) is 51.2 Å². The molecule has 7 heteroatoms. The van der Waals surface area contributed by atoms with Crippen LogP contribution in [-0.2, 0) is 12.8 Å². The first-order valence-electron chi connectivity index (χ1n) is 10.00. The van der Waals surface area contributed by atoms with Gasteiger partial charge < -0.3 is 10.2 Å². The molecule has 3 aromatic rings. The van der Waals surface area contributed by atoms with Gasteiger partial charge >= 0.3 is 0 Å². The van der Waals surface area contributed by atoms with Gasteiger partial charge in [-0.3, -0.25) is 4.98 Å². The standard InChI is InChI=1S/C21H24N6S/c1-14-13-28-21(23-14)24-16-7-11-27(12-8-16)20-17-3-2-4-18(17)25-19(26-20)15-5-9-22-10-6-15/h5-6,9-10,13,16H,2-4,7-8,11-12H2,1H3,(H,23,24). The van der Waals surface area contributed by atoms with Crippen molar-refractivity contribution in [1.82, 2.24) is 19.9 Å². The predicted octanol–water partition coefficient (Wildman–Crippen LogP) is 3.87. The van der Waals surface area contributed by atoms with E-state index in [0.717, 1.165) is 66.8 Å². The van der Waals surface area contributed by atoms with E-state index < -0.39 is 0 Å². The maximum absolute atomic E-state index is 5.01. The van der Waals surface area contributed by atoms with Gasteiger partial charge in [0.15, 0.2) is 11.0 Å². The Morgan fingerprint density at radius 3 is 2.64 bits per heavy atom. The second-order valence-corrected chi connectivity index (χ2v) is 8.44. The molecule has 2 aliphatic rings. The number of hydrogen-bond acceptors (Lipinski definition) is 7. The van der Waals surface area contributed by atoms with E-state index in [1.165, 1.54) is 17.7 Å². The van der Waals surface area contributed by atoms with Gasteiger partial charge in [-0.1, -0.05) is 0 Å². The highest BCUT2D eigenvalue weighted by Crippen LogP contribution is 2.33. The smallest absolute Gasteiger partial charge is 0.183 e. The molecule has 4 heterocycles. The van der Waals surface area contributed by atoms with E-state index in [0.29, 0.717) is 6.04 Å². The van der Waals surface area contributed by atoms with Crippen molar-refractivity contribution in [3.05, 3.63) is 46.9 Å². The number of aryl methyl sites for hydroxylation is 2. The summed E-state index contributed by atoms with van der Waals surface area (Å²) in [7, 11) is 0. The first-order chi connectivity index (χ1) is 13.8. The largest absolute Gasteiger partial charge is 0.359 e. The van der Waals surface area contributed by atoms with Crippen molar-refractivity contribution in [2.75, 3.05) is 23.3 Å². The number of rotatable bonds is 4. The minimum atomic E-state index is 0.483. The highest BCUT2D eigenvalue weighted by Gasteiger charge is 2.27. The molecule has 5 rings (SSSR count). The first kappa shape index (κ1) is 17.6. The summed E-state index contributed by atoms with van der Waals surface area (Å²) in [5.74, 6) is 1.98. The highest BCUT2D eigenvalue weighted by molar-refractivity contribution is 7.13. The van der Waals surface area contributed by atoms with Crippen molar-refractivity contribution in [3.63, 3.8) is 0 Å². The molecule has 1 N–H and O–H groups in total. The van der Waals surface area contributed by atoms with E-state index in [4.69, 9.17) is 9.97 Å². The third-order valence-corrected chi connectivity index (χ3v) is 6.48. The van der Waals surface area contributed by atoms with Gasteiger partial charge in [0.1, 0.15) is 5.82 Å². The number of anilines is 2. The zero-order chi connectivity index (χ0) is 18.9. The van der Waals surface area contributed by atoms with Crippen LogP contribution < -0.4 is 10.2 Å². The molecule has 1 saturated heterocycles. The highest BCUT2D eigenvalue weighted by atomic mass is 32.1. The van der Waals surface area contributed by atoms with Crippen LogP contribution in [0.4, 0.5) is 10.9 Å². The molecule has 0 radical (unpaired) electrons. The summed E-state index contributed by atoms with van der Waals surface area (Å²) in [5, 5.41) is 6.74. The van der Waals surface area contributed by atoms with Crippen molar-refractivity contribution in [2.45, 2.75) is 45.1 Å². The number of fused-ring (bicyclic) bond motifs is 1. The van der Waals surface area contributed by atoms with E-state index in [1.54, 1.807) is 11.3 Å². The average Bonchev–Trinajstić information content (AvgIpc) is 3.37. The van der Waals surface area contributed by atoms with E-state index >= 15 is 0 Å². The van der Waals surface area contributed by atoms with Crippen molar-refractivity contribution in [1.29, 1.82) is 0 Å². The fraction of sp³-hybridized carbons (Fsp3) is 0.429. The molecule has 0 unspecified atom stereocenters. The Morgan fingerprint density at radius 2 is 1.89 bits per heavy atom. The normalized spacial score (nSPS) is 17.0. The number of aromatic nitrogens is 4. The number of hydrogen-bond donors (Lipinski definition) is 1. The zero-order valence-electron chi connectivity index (χ0n) is 16.1. The Hall–Kier alpha value is -2.54. The summed E-state index contributed by atoms with van der Waals surface area (Å²) in [4.78, 5) is 21.0. The van der Waals surface area contributed by atoms with Gasteiger partial charge in [0.05, 0.1) is 5.69 Å². The Bertz CT molecular complexity index is 962. The lowest BCUT2D eigenvalue weighted by Gasteiger charge is -2.34. The summed E-state index contributed by atoms with van der Waals surface area (Å²) in [6.07, 6.45) is 9.15. The lowest BCUT2D eigenvalue weighted by atomic mass is 10.0. The fourth-order valence-corrected chi connectivity index (χ4v) is 4.90. The van der Waals surface area contributed by atoms with Crippen LogP contribution in [0.25, 0.3) is 11.4 Å². The molecule has 3 aromatic heterocycles. The molecule has 6 nitrogen and oxygen atoms in total. The van der Waals surface area contributed by atoms with Gasteiger partial charge in [0.25, 0.3) is 0 Å². The number of nitrogens with one attached hydrogen (secondary N) is 1. The molecule has 28 heavy (non-hydrogen) atoms. The molecule has 0 bridgehead atoms. The van der Waals surface area contributed by atoms with Crippen molar-refractivity contribution >= 4 is 22.3 Å². The van der Waals surface area contributed by atoms with E-state index in [1.807, 2.05) is 31.5 Å². The van der Waals surface area contributed by atoms with Gasteiger partial charge in [0, 0.05) is 53.7 Å². The molecular formula is C21H24N6S. The third kappa shape index (κ3) is 3.46. The molecule has 1 aliphatic heterocycles. The Kier molecular flexibility index (Phi) is 4.68. The van der Waals surface area contributed by atoms with E-state index in [9.17, 15) is 0 Å². The minimum absolute atomic E-state index is 0.483. The maximum Gasteiger partial charge on any atom is 0.183 e. The maximum atomic E-state index is 5.01. The van der Waals surface area contributed by atoms with Crippen molar-refractivity contribution < 1.29 is 0 Å². The van der Waals surface area contributed by atoms with Crippen LogP contribution in [0, 0.1) is 6.92 Å². The second-order valence-electron chi connectivity index (χ2n) is 7.59. The van der Waals surface area contributed by atoms with Crippen LogP contribution in [0.5, 0.6) is 0 Å². The Morgan fingerprint density at radius 1 is 1.07 bits per heavy atom. The summed E-state index contributed by atoms with van der Waals surface area (Å²) in [5.41, 5.74) is 4.72. The number of piperidine rings is 1. The van der Waals surface area contributed by atoms with Gasteiger partial charge in [0.2, 0.25) is 0 Å². The van der Waals surface area contributed by atoms with Crippen molar-refractivity contribution in [2.24, 2.45) is 0 Å². The second kappa shape index (κ2) is 7.47. The zero-order valence-corrected chi connectivity index (χ0v) is 16.9. The fourth-order valence-electron chi connectivity index (χ4n) is 4.13. The van der Waals surface area contributed by atoms with Crippen LogP contribution in [-0.4, -0.2) is 39.1 Å². The van der Waals surface area contributed by atoms with Crippen LogP contribution in [0.1, 0.15) is 36.2 Å². The molecular weight excluding hydrogens is 368 g/mol. The third-order valence-electron chi connectivity index (χ3n) is 5.59. The quantitative estimate of drug-likeness (QED) is 0.727. The predicted molar refractivity (Wildman–Crippen MR) is 113 cm³/mol. The Balaban J connectivity index is 1.36. The average molecular weight is 393 g/mol. The topological polar surface area (TPSA) is 66.8 Å². The first-order valence-corrected chi connectivity index (χ1v) is 10.9. The lowest BCUT2D eigenvalue weighted by Crippen LogP contribution is -2.40. The van der Waals surface area contributed by atoms with Crippen molar-refractivity contribution in [3.8, 4) is 11.4 Å². The van der Waals surface area contributed by atoms with Crippen LogP contribution >= 0.6 is 11.3 Å². The lowest BCUT2D eigenvalue weighted by molar-refractivity contribution is 0.522. The summed E-state index contributed by atoms with van der Waals surface area (Å²) in [6.45, 7) is 4.07. The SMILES string of the molecule is Cc1csc(NC2CCN(c3nc(-c4ccncc4)nc4c3CCC4)CC2)n1. The molecule has 1 fully saturated rings. The van der Waals surface area contributed by atoms with Gasteiger partial charge in [-0.25, -0.2) is 15.0 Å². The van der Waals surface area contributed by atoms with Crippen LogP contribution in [0.3, 0.4) is 0 Å². The summed E-state index contributed by atoms with van der Waals surface area (Å²) >= 11 is 1.69. The molecule has 0 saturated carbocycles. The summed E-state index contributed by atoms with van der Waals surface area (Å²) < 4.78 is 0. The molecule has 0 aromatic carbocycles.